The average Bonchev–Trinajstić information content (AvgIpc) is 2.18. The minimum absolute atomic E-state index is 0.0853. The molecule has 1 heterocycles. The van der Waals surface area contributed by atoms with E-state index in [0.717, 1.165) is 28.7 Å². The lowest BCUT2D eigenvalue weighted by molar-refractivity contribution is 0.0680. The van der Waals surface area contributed by atoms with Crippen LogP contribution in [0.15, 0.2) is 22.7 Å². The number of halogens is 1. The summed E-state index contributed by atoms with van der Waals surface area (Å²) in [6, 6.07) is 6.11. The molecule has 3 nitrogen and oxygen atoms in total. The monoisotopic (exact) mass is 282 g/mol. The van der Waals surface area contributed by atoms with Gasteiger partial charge in [-0.05, 0) is 34.5 Å². The zero-order valence-electron chi connectivity index (χ0n) is 9.46. The van der Waals surface area contributed by atoms with Crippen LogP contribution < -0.4 is 5.32 Å². The van der Waals surface area contributed by atoms with Gasteiger partial charge in [-0.15, -0.1) is 0 Å². The highest BCUT2D eigenvalue weighted by molar-refractivity contribution is 9.10. The summed E-state index contributed by atoms with van der Waals surface area (Å²) in [5.74, 6) is 0.0853. The number of nitrogens with one attached hydrogen (secondary N) is 1. The van der Waals surface area contributed by atoms with Crippen LogP contribution in [0.25, 0.3) is 0 Å². The molecule has 86 valence electrons. The number of carbonyl (C=O) groups excluding carboxylic acids is 1. The van der Waals surface area contributed by atoms with Gasteiger partial charge in [0.25, 0.3) is 5.91 Å². The molecule has 0 radical (unpaired) electrons. The van der Waals surface area contributed by atoms with E-state index in [1.807, 2.05) is 37.1 Å². The van der Waals surface area contributed by atoms with E-state index in [-0.39, 0.29) is 5.91 Å². The predicted molar refractivity (Wildman–Crippen MR) is 67.6 cm³/mol. The van der Waals surface area contributed by atoms with Gasteiger partial charge in [0, 0.05) is 24.6 Å². The van der Waals surface area contributed by atoms with Crippen LogP contribution in [0, 0.1) is 6.92 Å². The number of amides is 1. The molecule has 2 rings (SSSR count). The van der Waals surface area contributed by atoms with Crippen molar-refractivity contribution in [1.82, 2.24) is 10.2 Å². The minimum Gasteiger partial charge on any atom is -0.336 e. The fraction of sp³-hybridized carbons (Fsp3) is 0.417. The maximum absolute atomic E-state index is 12.2. The van der Waals surface area contributed by atoms with Crippen molar-refractivity contribution >= 4 is 21.8 Å². The van der Waals surface area contributed by atoms with Crippen LogP contribution in [0.2, 0.25) is 0 Å². The Morgan fingerprint density at radius 2 is 2.19 bits per heavy atom. The van der Waals surface area contributed by atoms with Gasteiger partial charge in [-0.25, -0.2) is 0 Å². The molecule has 0 spiro atoms. The minimum atomic E-state index is 0.0853. The van der Waals surface area contributed by atoms with E-state index < -0.39 is 0 Å². The zero-order valence-corrected chi connectivity index (χ0v) is 11.0. The van der Waals surface area contributed by atoms with Gasteiger partial charge in [-0.3, -0.25) is 4.79 Å². The van der Waals surface area contributed by atoms with Gasteiger partial charge in [0.1, 0.15) is 0 Å². The van der Waals surface area contributed by atoms with Crippen LogP contribution in [-0.2, 0) is 0 Å². The van der Waals surface area contributed by atoms with Crippen LogP contribution in [0.3, 0.4) is 0 Å². The van der Waals surface area contributed by atoms with Crippen molar-refractivity contribution in [2.45, 2.75) is 13.0 Å². The number of carbonyl (C=O) groups is 1. The number of nitrogens with zero attached hydrogens (tertiary/aromatic N) is 1. The Bertz CT molecular complexity index is 415. The summed E-state index contributed by atoms with van der Waals surface area (Å²) < 4.78 is 0.902. The number of hydrogen-bond acceptors (Lipinski definition) is 2. The van der Waals surface area contributed by atoms with Gasteiger partial charge in [0.15, 0.2) is 0 Å². The van der Waals surface area contributed by atoms with E-state index in [9.17, 15) is 4.79 Å². The van der Waals surface area contributed by atoms with Crippen LogP contribution in [-0.4, -0.2) is 37.0 Å². The van der Waals surface area contributed by atoms with Crippen molar-refractivity contribution in [1.29, 1.82) is 0 Å². The maximum Gasteiger partial charge on any atom is 0.255 e. The smallest absolute Gasteiger partial charge is 0.255 e. The number of hydrogen-bond donors (Lipinski definition) is 1. The number of benzene rings is 1. The molecule has 1 aliphatic heterocycles. The SMILES string of the molecule is Cc1cccc(C(=O)N(C)C2CNC2)c1Br. The second-order valence-corrected chi connectivity index (χ2v) is 4.96. The lowest BCUT2D eigenvalue weighted by Crippen LogP contribution is -2.57. The molecule has 1 N–H and O–H groups in total. The van der Waals surface area contributed by atoms with E-state index in [0.29, 0.717) is 6.04 Å². The lowest BCUT2D eigenvalue weighted by Gasteiger charge is -2.35. The first kappa shape index (κ1) is 11.6. The average molecular weight is 283 g/mol. The molecule has 1 aromatic rings. The highest BCUT2D eigenvalue weighted by Gasteiger charge is 2.26. The summed E-state index contributed by atoms with van der Waals surface area (Å²) in [6.45, 7) is 3.78. The molecule has 0 saturated carbocycles. The summed E-state index contributed by atoms with van der Waals surface area (Å²) in [5, 5.41) is 3.17. The molecule has 1 saturated heterocycles. The number of aryl methyl sites for hydroxylation is 1. The van der Waals surface area contributed by atoms with Crippen LogP contribution in [0.4, 0.5) is 0 Å². The molecule has 16 heavy (non-hydrogen) atoms. The molecule has 4 heteroatoms. The van der Waals surface area contributed by atoms with E-state index >= 15 is 0 Å². The maximum atomic E-state index is 12.2. The van der Waals surface area contributed by atoms with E-state index in [2.05, 4.69) is 21.2 Å². The zero-order chi connectivity index (χ0) is 11.7. The van der Waals surface area contributed by atoms with Gasteiger partial charge in [-0.2, -0.15) is 0 Å². The molecule has 1 aromatic carbocycles. The Morgan fingerprint density at radius 1 is 1.50 bits per heavy atom. The summed E-state index contributed by atoms with van der Waals surface area (Å²) >= 11 is 3.48. The van der Waals surface area contributed by atoms with Gasteiger partial charge in [0.05, 0.1) is 11.6 Å². The third-order valence-electron chi connectivity index (χ3n) is 3.05. The molecule has 0 atom stereocenters. The van der Waals surface area contributed by atoms with Crippen molar-refractivity contribution in [2.75, 3.05) is 20.1 Å². The topological polar surface area (TPSA) is 32.3 Å². The van der Waals surface area contributed by atoms with Crippen molar-refractivity contribution < 1.29 is 4.79 Å². The fourth-order valence-corrected chi connectivity index (χ4v) is 2.15. The van der Waals surface area contributed by atoms with Gasteiger partial charge in [-0.1, -0.05) is 12.1 Å². The van der Waals surface area contributed by atoms with E-state index in [4.69, 9.17) is 0 Å². The predicted octanol–water partition coefficient (Wildman–Crippen LogP) is 1.80. The van der Waals surface area contributed by atoms with Gasteiger partial charge >= 0.3 is 0 Å². The van der Waals surface area contributed by atoms with Crippen LogP contribution in [0.5, 0.6) is 0 Å². The normalized spacial score (nSPS) is 15.7. The Labute approximate surface area is 104 Å². The summed E-state index contributed by atoms with van der Waals surface area (Å²) in [5.41, 5.74) is 1.83. The molecule has 0 aliphatic carbocycles. The van der Waals surface area contributed by atoms with Gasteiger partial charge < -0.3 is 10.2 Å². The largest absolute Gasteiger partial charge is 0.336 e. The molecule has 0 bridgehead atoms. The number of rotatable bonds is 2. The quantitative estimate of drug-likeness (QED) is 0.897. The first-order chi connectivity index (χ1) is 7.61. The summed E-state index contributed by atoms with van der Waals surface area (Å²) in [4.78, 5) is 14.0. The highest BCUT2D eigenvalue weighted by atomic mass is 79.9. The molecular formula is C12H15BrN2O. The molecule has 1 amide bonds. The molecule has 0 aromatic heterocycles. The van der Waals surface area contributed by atoms with Crippen molar-refractivity contribution in [3.8, 4) is 0 Å². The Morgan fingerprint density at radius 3 is 2.75 bits per heavy atom. The van der Waals surface area contributed by atoms with E-state index in [1.54, 1.807) is 0 Å². The molecular weight excluding hydrogens is 268 g/mol. The van der Waals surface area contributed by atoms with Crippen molar-refractivity contribution in [2.24, 2.45) is 0 Å². The first-order valence-corrected chi connectivity index (χ1v) is 6.13. The van der Waals surface area contributed by atoms with Gasteiger partial charge in [0.2, 0.25) is 0 Å². The molecule has 1 aliphatic rings. The van der Waals surface area contributed by atoms with Crippen molar-refractivity contribution in [3.05, 3.63) is 33.8 Å². The third-order valence-corrected chi connectivity index (χ3v) is 4.10. The van der Waals surface area contributed by atoms with Crippen LogP contribution in [0.1, 0.15) is 15.9 Å². The molecule has 0 unspecified atom stereocenters. The van der Waals surface area contributed by atoms with Crippen molar-refractivity contribution in [3.63, 3.8) is 0 Å². The Balaban J connectivity index is 2.22. The molecule has 1 fully saturated rings. The second-order valence-electron chi connectivity index (χ2n) is 4.16. The Kier molecular flexibility index (Phi) is 3.30. The third kappa shape index (κ3) is 1.99. The van der Waals surface area contributed by atoms with E-state index in [1.165, 1.54) is 0 Å². The fourth-order valence-electron chi connectivity index (χ4n) is 1.72. The standard InChI is InChI=1S/C12H15BrN2O/c1-8-4-3-5-10(11(8)13)12(16)15(2)9-6-14-7-9/h3-5,9,14H,6-7H2,1-2H3. The first-order valence-electron chi connectivity index (χ1n) is 5.34. The lowest BCUT2D eigenvalue weighted by atomic mass is 10.1. The van der Waals surface area contributed by atoms with Crippen LogP contribution >= 0.6 is 15.9 Å². The summed E-state index contributed by atoms with van der Waals surface area (Å²) in [6.07, 6.45) is 0. The Hall–Kier alpha value is -0.870. The second kappa shape index (κ2) is 4.55. The number of likely N-dealkylation sites (N-methyl/N-ethyl adjacent to an activating group) is 1. The highest BCUT2D eigenvalue weighted by Crippen LogP contribution is 2.23. The summed E-state index contributed by atoms with van der Waals surface area (Å²) in [7, 11) is 1.86.